The number of halogens is 1. The molecule has 0 aliphatic rings. The highest BCUT2D eigenvalue weighted by Crippen LogP contribution is 2.25. The summed E-state index contributed by atoms with van der Waals surface area (Å²) in [6.45, 7) is 4.51. The zero-order valence-corrected chi connectivity index (χ0v) is 11.7. The molecule has 0 fully saturated rings. The number of nitrogens with one attached hydrogen (secondary N) is 1. The van der Waals surface area contributed by atoms with Crippen LogP contribution in [-0.4, -0.2) is 25.5 Å². The molecule has 0 saturated heterocycles. The normalized spacial score (nSPS) is 12.7. The molecule has 1 aromatic rings. The molecule has 0 saturated carbocycles. The van der Waals surface area contributed by atoms with Gasteiger partial charge in [0.15, 0.2) is 0 Å². The fraction of sp³-hybridized carbons (Fsp3) is 0.500. The van der Waals surface area contributed by atoms with Gasteiger partial charge in [-0.3, -0.25) is 0 Å². The van der Waals surface area contributed by atoms with E-state index in [1.165, 1.54) is 7.11 Å². The maximum absolute atomic E-state index is 13.1. The number of rotatable bonds is 4. The monoisotopic (exact) mass is 269 g/mol. The molecular formula is C14H20FNO3. The Bertz CT molecular complexity index is 429. The molecule has 0 heterocycles. The van der Waals surface area contributed by atoms with E-state index in [9.17, 15) is 9.18 Å². The Morgan fingerprint density at radius 1 is 1.37 bits per heavy atom. The number of para-hydroxylation sites is 1. The fourth-order valence-corrected chi connectivity index (χ4v) is 1.60. The molecule has 4 nitrogen and oxygen atoms in total. The summed E-state index contributed by atoms with van der Waals surface area (Å²) in [7, 11) is 1.50. The number of amides is 1. The Balaban J connectivity index is 2.81. The molecular weight excluding hydrogens is 249 g/mol. The molecule has 0 spiro atoms. The van der Waals surface area contributed by atoms with Crippen LogP contribution in [0.1, 0.15) is 32.4 Å². The highest BCUT2D eigenvalue weighted by atomic mass is 19.1. The van der Waals surface area contributed by atoms with Crippen molar-refractivity contribution in [2.45, 2.75) is 32.4 Å². The van der Waals surface area contributed by atoms with Crippen LogP contribution >= 0.6 is 0 Å². The molecule has 0 bridgehead atoms. The average Bonchev–Trinajstić information content (AvgIpc) is 2.33. The second-order valence-electron chi connectivity index (χ2n) is 5.10. The summed E-state index contributed by atoms with van der Waals surface area (Å²) in [6.07, 6.45) is -0.652. The zero-order chi connectivity index (χ0) is 14.5. The van der Waals surface area contributed by atoms with Gasteiger partial charge in [-0.05, 0) is 26.8 Å². The molecule has 0 aliphatic carbocycles. The van der Waals surface area contributed by atoms with Crippen LogP contribution < -0.4 is 10.1 Å². The molecule has 0 aromatic heterocycles. The minimum atomic E-state index is -0.786. The first-order valence-electron chi connectivity index (χ1n) is 6.05. The van der Waals surface area contributed by atoms with Gasteiger partial charge in [0, 0.05) is 5.56 Å². The van der Waals surface area contributed by atoms with Gasteiger partial charge >= 0.3 is 6.09 Å². The molecule has 1 amide bonds. The highest BCUT2D eigenvalue weighted by Gasteiger charge is 2.22. The minimum absolute atomic E-state index is 0.529. The second kappa shape index (κ2) is 6.41. The number of benzene rings is 1. The van der Waals surface area contributed by atoms with Crippen LogP contribution in [0.15, 0.2) is 24.3 Å². The van der Waals surface area contributed by atoms with Crippen molar-refractivity contribution in [2.24, 2.45) is 0 Å². The van der Waals surface area contributed by atoms with E-state index in [-0.39, 0.29) is 0 Å². The Hall–Kier alpha value is -1.78. The van der Waals surface area contributed by atoms with Gasteiger partial charge in [0.25, 0.3) is 0 Å². The number of carbonyl (C=O) groups is 1. The van der Waals surface area contributed by atoms with Crippen molar-refractivity contribution in [1.82, 2.24) is 5.32 Å². The highest BCUT2D eigenvalue weighted by molar-refractivity contribution is 5.68. The number of carbonyl (C=O) groups excluding carboxylic acids is 1. The van der Waals surface area contributed by atoms with E-state index in [1.807, 2.05) is 0 Å². The summed E-state index contributed by atoms with van der Waals surface area (Å²) in [4.78, 5) is 11.7. The van der Waals surface area contributed by atoms with Gasteiger partial charge in [0.1, 0.15) is 18.0 Å². The van der Waals surface area contributed by atoms with E-state index in [2.05, 4.69) is 5.32 Å². The molecule has 1 aromatic carbocycles. The van der Waals surface area contributed by atoms with Crippen LogP contribution in [0.4, 0.5) is 9.18 Å². The maximum atomic E-state index is 13.1. The smallest absolute Gasteiger partial charge is 0.408 e. The predicted molar refractivity (Wildman–Crippen MR) is 71.1 cm³/mol. The van der Waals surface area contributed by atoms with Crippen molar-refractivity contribution in [1.29, 1.82) is 0 Å². The van der Waals surface area contributed by atoms with Crippen molar-refractivity contribution in [2.75, 3.05) is 13.8 Å². The van der Waals surface area contributed by atoms with Gasteiger partial charge in [0.2, 0.25) is 0 Å². The lowest BCUT2D eigenvalue weighted by Gasteiger charge is -2.23. The van der Waals surface area contributed by atoms with Crippen molar-refractivity contribution < 1.29 is 18.7 Å². The molecule has 1 N–H and O–H groups in total. The largest absolute Gasteiger partial charge is 0.496 e. The quantitative estimate of drug-likeness (QED) is 0.912. The van der Waals surface area contributed by atoms with Crippen molar-refractivity contribution >= 4 is 6.09 Å². The number of alkyl carbamates (subject to hydrolysis) is 1. The Kier molecular flexibility index (Phi) is 5.15. The predicted octanol–water partition coefficient (Wildman–Crippen LogP) is 3.23. The number of hydrogen-bond donors (Lipinski definition) is 1. The first-order chi connectivity index (χ1) is 8.87. The third-order valence-electron chi connectivity index (χ3n) is 2.36. The van der Waals surface area contributed by atoms with Crippen molar-refractivity contribution in [3.05, 3.63) is 29.8 Å². The molecule has 19 heavy (non-hydrogen) atoms. The standard InChI is InChI=1S/C14H20FNO3/c1-14(2,3)19-13(17)16-11(9-15)10-7-5-6-8-12(10)18-4/h5-8,11H,9H2,1-4H3,(H,16,17). The van der Waals surface area contributed by atoms with Gasteiger partial charge < -0.3 is 14.8 Å². The summed E-state index contributed by atoms with van der Waals surface area (Å²) in [5.74, 6) is 0.529. The van der Waals surface area contributed by atoms with Gasteiger partial charge in [0.05, 0.1) is 13.2 Å². The second-order valence-corrected chi connectivity index (χ2v) is 5.10. The third kappa shape index (κ3) is 4.77. The molecule has 0 aliphatic heterocycles. The number of methoxy groups -OCH3 is 1. The van der Waals surface area contributed by atoms with Gasteiger partial charge in [-0.1, -0.05) is 18.2 Å². The molecule has 106 valence electrons. The van der Waals surface area contributed by atoms with E-state index in [1.54, 1.807) is 45.0 Å². The average molecular weight is 269 g/mol. The van der Waals surface area contributed by atoms with Gasteiger partial charge in [-0.25, -0.2) is 9.18 Å². The summed E-state index contributed by atoms with van der Waals surface area (Å²) in [5.41, 5.74) is -0.0375. The Morgan fingerprint density at radius 2 is 2.00 bits per heavy atom. The first-order valence-corrected chi connectivity index (χ1v) is 6.05. The Morgan fingerprint density at radius 3 is 2.53 bits per heavy atom. The molecule has 1 rings (SSSR count). The molecule has 5 heteroatoms. The van der Waals surface area contributed by atoms with E-state index >= 15 is 0 Å². The number of hydrogen-bond acceptors (Lipinski definition) is 3. The molecule has 0 radical (unpaired) electrons. The van der Waals surface area contributed by atoms with Crippen LogP contribution in [-0.2, 0) is 4.74 Å². The lowest BCUT2D eigenvalue weighted by atomic mass is 10.1. The van der Waals surface area contributed by atoms with E-state index in [0.717, 1.165) is 0 Å². The Labute approximate surface area is 112 Å². The first kappa shape index (κ1) is 15.3. The van der Waals surface area contributed by atoms with Crippen LogP contribution in [0, 0.1) is 0 Å². The molecule has 1 atom stereocenters. The van der Waals surface area contributed by atoms with Crippen molar-refractivity contribution in [3.8, 4) is 5.75 Å². The summed E-state index contributed by atoms with van der Waals surface area (Å²) >= 11 is 0. The van der Waals surface area contributed by atoms with Crippen LogP contribution in [0.5, 0.6) is 5.75 Å². The topological polar surface area (TPSA) is 47.6 Å². The summed E-state index contributed by atoms with van der Waals surface area (Å²) in [5, 5.41) is 2.50. The van der Waals surface area contributed by atoms with Crippen molar-refractivity contribution in [3.63, 3.8) is 0 Å². The summed E-state index contributed by atoms with van der Waals surface area (Å²) < 4.78 is 23.4. The number of ether oxygens (including phenoxy) is 2. The fourth-order valence-electron chi connectivity index (χ4n) is 1.60. The van der Waals surface area contributed by atoms with E-state index in [0.29, 0.717) is 11.3 Å². The summed E-state index contributed by atoms with van der Waals surface area (Å²) in [6, 6.07) is 6.18. The maximum Gasteiger partial charge on any atom is 0.408 e. The van der Waals surface area contributed by atoms with Crippen LogP contribution in [0.25, 0.3) is 0 Å². The minimum Gasteiger partial charge on any atom is -0.496 e. The van der Waals surface area contributed by atoms with Gasteiger partial charge in [-0.2, -0.15) is 0 Å². The van der Waals surface area contributed by atoms with E-state index in [4.69, 9.17) is 9.47 Å². The lowest BCUT2D eigenvalue weighted by molar-refractivity contribution is 0.0495. The number of alkyl halides is 1. The van der Waals surface area contributed by atoms with Gasteiger partial charge in [-0.15, -0.1) is 0 Å². The van der Waals surface area contributed by atoms with E-state index < -0.39 is 24.4 Å². The third-order valence-corrected chi connectivity index (χ3v) is 2.36. The SMILES string of the molecule is COc1ccccc1C(CF)NC(=O)OC(C)(C)C. The lowest BCUT2D eigenvalue weighted by Crippen LogP contribution is -2.35. The zero-order valence-electron chi connectivity index (χ0n) is 11.7. The molecule has 1 unspecified atom stereocenters. The van der Waals surface area contributed by atoms with Crippen LogP contribution in [0.3, 0.4) is 0 Å². The van der Waals surface area contributed by atoms with Crippen LogP contribution in [0.2, 0.25) is 0 Å².